The SMILES string of the molecule is CN(C)CC(=O)N1CCC(O)C1. The zero-order valence-corrected chi connectivity index (χ0v) is 7.66. The second-order valence-corrected chi connectivity index (χ2v) is 3.52. The number of aliphatic hydroxyl groups is 1. The summed E-state index contributed by atoms with van der Waals surface area (Å²) in [6, 6.07) is 0. The molecular formula is C8H16N2O2. The normalized spacial score (nSPS) is 23.7. The number of rotatable bonds is 2. The zero-order chi connectivity index (χ0) is 9.14. The molecule has 70 valence electrons. The fraction of sp³-hybridized carbons (Fsp3) is 0.875. The van der Waals surface area contributed by atoms with E-state index >= 15 is 0 Å². The molecule has 1 aliphatic heterocycles. The van der Waals surface area contributed by atoms with Crippen LogP contribution in [0.4, 0.5) is 0 Å². The first-order chi connectivity index (χ1) is 5.59. The molecule has 0 spiro atoms. The standard InChI is InChI=1S/C8H16N2O2/c1-9(2)6-8(12)10-4-3-7(11)5-10/h7,11H,3-6H2,1-2H3. The van der Waals surface area contributed by atoms with Crippen LogP contribution in [-0.2, 0) is 4.79 Å². The van der Waals surface area contributed by atoms with Gasteiger partial charge in [0.05, 0.1) is 12.6 Å². The molecule has 4 heteroatoms. The zero-order valence-electron chi connectivity index (χ0n) is 7.66. The van der Waals surface area contributed by atoms with Gasteiger partial charge >= 0.3 is 0 Å². The number of hydrogen-bond donors (Lipinski definition) is 1. The van der Waals surface area contributed by atoms with Crippen molar-refractivity contribution in [2.24, 2.45) is 0 Å². The average molecular weight is 172 g/mol. The Balaban J connectivity index is 2.33. The molecule has 1 aliphatic rings. The van der Waals surface area contributed by atoms with Gasteiger partial charge in [0.2, 0.25) is 5.91 Å². The van der Waals surface area contributed by atoms with Crippen LogP contribution in [0.25, 0.3) is 0 Å². The van der Waals surface area contributed by atoms with Crippen molar-refractivity contribution in [1.29, 1.82) is 0 Å². The van der Waals surface area contributed by atoms with E-state index in [1.54, 1.807) is 4.90 Å². The maximum Gasteiger partial charge on any atom is 0.236 e. The molecule has 12 heavy (non-hydrogen) atoms. The number of likely N-dealkylation sites (tertiary alicyclic amines) is 1. The molecule has 1 saturated heterocycles. The summed E-state index contributed by atoms with van der Waals surface area (Å²) in [6.07, 6.45) is 0.412. The van der Waals surface area contributed by atoms with Crippen molar-refractivity contribution >= 4 is 5.91 Å². The molecular weight excluding hydrogens is 156 g/mol. The third-order valence-electron chi connectivity index (χ3n) is 1.97. The number of amides is 1. The lowest BCUT2D eigenvalue weighted by Gasteiger charge is -2.17. The quantitative estimate of drug-likeness (QED) is 0.589. The van der Waals surface area contributed by atoms with Gasteiger partial charge in [-0.2, -0.15) is 0 Å². The number of likely N-dealkylation sites (N-methyl/N-ethyl adjacent to an activating group) is 1. The molecule has 1 atom stereocenters. The second kappa shape index (κ2) is 3.87. The van der Waals surface area contributed by atoms with Crippen molar-refractivity contribution < 1.29 is 9.90 Å². The van der Waals surface area contributed by atoms with Gasteiger partial charge in [0.1, 0.15) is 0 Å². The molecule has 0 saturated carbocycles. The summed E-state index contributed by atoms with van der Waals surface area (Å²) in [5.74, 6) is 0.108. The highest BCUT2D eigenvalue weighted by Gasteiger charge is 2.24. The molecule has 0 aromatic heterocycles. The Labute approximate surface area is 72.8 Å². The molecule has 0 radical (unpaired) electrons. The number of β-amino-alcohol motifs (C(OH)–C–C–N with tert-alkyl or cyclic N) is 1. The van der Waals surface area contributed by atoms with Crippen molar-refractivity contribution in [2.75, 3.05) is 33.7 Å². The fourth-order valence-electron chi connectivity index (χ4n) is 1.34. The Kier molecular flexibility index (Phi) is 3.05. The van der Waals surface area contributed by atoms with Gasteiger partial charge in [-0.05, 0) is 20.5 Å². The van der Waals surface area contributed by atoms with Crippen molar-refractivity contribution in [3.05, 3.63) is 0 Å². The maximum atomic E-state index is 11.4. The van der Waals surface area contributed by atoms with Gasteiger partial charge in [-0.25, -0.2) is 0 Å². The summed E-state index contributed by atoms with van der Waals surface area (Å²) >= 11 is 0. The minimum absolute atomic E-state index is 0.108. The van der Waals surface area contributed by atoms with E-state index in [2.05, 4.69) is 0 Å². The summed E-state index contributed by atoms with van der Waals surface area (Å²) < 4.78 is 0. The van der Waals surface area contributed by atoms with Crippen molar-refractivity contribution in [3.63, 3.8) is 0 Å². The lowest BCUT2D eigenvalue weighted by atomic mass is 10.3. The smallest absolute Gasteiger partial charge is 0.236 e. The summed E-state index contributed by atoms with van der Waals surface area (Å²) in [4.78, 5) is 14.9. The lowest BCUT2D eigenvalue weighted by Crippen LogP contribution is -2.36. The van der Waals surface area contributed by atoms with Gasteiger partial charge in [0.25, 0.3) is 0 Å². The second-order valence-electron chi connectivity index (χ2n) is 3.52. The fourth-order valence-corrected chi connectivity index (χ4v) is 1.34. The molecule has 1 amide bonds. The van der Waals surface area contributed by atoms with Gasteiger partial charge < -0.3 is 14.9 Å². The Morgan fingerprint density at radius 2 is 2.33 bits per heavy atom. The van der Waals surface area contributed by atoms with Crippen LogP contribution in [0.15, 0.2) is 0 Å². The van der Waals surface area contributed by atoms with E-state index in [-0.39, 0.29) is 12.0 Å². The van der Waals surface area contributed by atoms with E-state index in [1.807, 2.05) is 19.0 Å². The van der Waals surface area contributed by atoms with E-state index < -0.39 is 0 Å². The molecule has 1 heterocycles. The predicted molar refractivity (Wildman–Crippen MR) is 45.8 cm³/mol. The summed E-state index contributed by atoms with van der Waals surface area (Å²) in [6.45, 7) is 1.65. The van der Waals surface area contributed by atoms with Gasteiger partial charge in [-0.3, -0.25) is 4.79 Å². The third-order valence-corrected chi connectivity index (χ3v) is 1.97. The van der Waals surface area contributed by atoms with Crippen LogP contribution in [0.3, 0.4) is 0 Å². The van der Waals surface area contributed by atoms with Crippen molar-refractivity contribution in [2.45, 2.75) is 12.5 Å². The highest BCUT2D eigenvalue weighted by Crippen LogP contribution is 2.08. The Hall–Kier alpha value is -0.610. The van der Waals surface area contributed by atoms with Crippen LogP contribution in [0, 0.1) is 0 Å². The van der Waals surface area contributed by atoms with E-state index in [0.717, 1.165) is 6.42 Å². The van der Waals surface area contributed by atoms with Crippen molar-refractivity contribution in [1.82, 2.24) is 9.80 Å². The number of aliphatic hydroxyl groups excluding tert-OH is 1. The van der Waals surface area contributed by atoms with Crippen LogP contribution in [0.1, 0.15) is 6.42 Å². The largest absolute Gasteiger partial charge is 0.391 e. The molecule has 0 bridgehead atoms. The number of nitrogens with zero attached hydrogens (tertiary/aromatic N) is 2. The Bertz CT molecular complexity index is 170. The lowest BCUT2D eigenvalue weighted by molar-refractivity contribution is -0.131. The molecule has 0 aromatic rings. The van der Waals surface area contributed by atoms with Crippen LogP contribution in [0.2, 0.25) is 0 Å². The molecule has 1 fully saturated rings. The van der Waals surface area contributed by atoms with Crippen LogP contribution in [-0.4, -0.2) is 60.6 Å². The summed E-state index contributed by atoms with van der Waals surface area (Å²) in [7, 11) is 3.73. The van der Waals surface area contributed by atoms with Gasteiger partial charge in [-0.1, -0.05) is 0 Å². The van der Waals surface area contributed by atoms with Crippen molar-refractivity contribution in [3.8, 4) is 0 Å². The minimum atomic E-state index is -0.309. The van der Waals surface area contributed by atoms with E-state index in [0.29, 0.717) is 19.6 Å². The van der Waals surface area contributed by atoms with Crippen LogP contribution in [0.5, 0.6) is 0 Å². The summed E-state index contributed by atoms with van der Waals surface area (Å²) in [5.41, 5.74) is 0. The number of carbonyl (C=O) groups is 1. The Morgan fingerprint density at radius 3 is 2.75 bits per heavy atom. The molecule has 1 unspecified atom stereocenters. The van der Waals surface area contributed by atoms with Crippen LogP contribution < -0.4 is 0 Å². The summed E-state index contributed by atoms with van der Waals surface area (Å²) in [5, 5.41) is 9.18. The molecule has 1 rings (SSSR count). The topological polar surface area (TPSA) is 43.8 Å². The first kappa shape index (κ1) is 9.48. The first-order valence-corrected chi connectivity index (χ1v) is 4.20. The highest BCUT2D eigenvalue weighted by molar-refractivity contribution is 5.78. The Morgan fingerprint density at radius 1 is 1.67 bits per heavy atom. The van der Waals surface area contributed by atoms with Gasteiger partial charge in [-0.15, -0.1) is 0 Å². The average Bonchev–Trinajstić information content (AvgIpc) is 2.34. The first-order valence-electron chi connectivity index (χ1n) is 4.20. The van der Waals surface area contributed by atoms with Gasteiger partial charge in [0, 0.05) is 13.1 Å². The minimum Gasteiger partial charge on any atom is -0.391 e. The third kappa shape index (κ3) is 2.46. The van der Waals surface area contributed by atoms with Gasteiger partial charge in [0.15, 0.2) is 0 Å². The maximum absolute atomic E-state index is 11.4. The van der Waals surface area contributed by atoms with Crippen LogP contribution >= 0.6 is 0 Å². The molecule has 0 aliphatic carbocycles. The highest BCUT2D eigenvalue weighted by atomic mass is 16.3. The molecule has 1 N–H and O–H groups in total. The predicted octanol–water partition coefficient (Wildman–Crippen LogP) is -0.859. The number of hydrogen-bond acceptors (Lipinski definition) is 3. The molecule has 0 aromatic carbocycles. The number of carbonyl (C=O) groups excluding carboxylic acids is 1. The molecule has 4 nitrogen and oxygen atoms in total. The van der Waals surface area contributed by atoms with E-state index in [1.165, 1.54) is 0 Å². The monoisotopic (exact) mass is 172 g/mol. The van der Waals surface area contributed by atoms with E-state index in [9.17, 15) is 9.90 Å². The van der Waals surface area contributed by atoms with E-state index in [4.69, 9.17) is 0 Å².